The summed E-state index contributed by atoms with van der Waals surface area (Å²) >= 11 is 1.57. The first-order valence-electron chi connectivity index (χ1n) is 8.94. The van der Waals surface area contributed by atoms with Gasteiger partial charge in [-0.1, -0.05) is 0 Å². The average molecular weight is 508 g/mol. The van der Waals surface area contributed by atoms with E-state index in [0.29, 0.717) is 32.7 Å². The molecule has 3 heterocycles. The van der Waals surface area contributed by atoms with Gasteiger partial charge in [-0.3, -0.25) is 4.99 Å². The van der Waals surface area contributed by atoms with Crippen LogP contribution in [0.2, 0.25) is 0 Å². The third-order valence-electron chi connectivity index (χ3n) is 4.59. The van der Waals surface area contributed by atoms with Crippen molar-refractivity contribution >= 4 is 47.4 Å². The molecule has 3 rings (SSSR count). The summed E-state index contributed by atoms with van der Waals surface area (Å²) in [6.07, 6.45) is -0.265. The van der Waals surface area contributed by atoms with Crippen LogP contribution in [0.5, 0.6) is 0 Å². The summed E-state index contributed by atoms with van der Waals surface area (Å²) in [6.45, 7) is 10.4. The predicted molar refractivity (Wildman–Crippen MR) is 118 cm³/mol. The fourth-order valence-electron chi connectivity index (χ4n) is 3.15. The fourth-order valence-corrected chi connectivity index (χ4v) is 3.93. The Morgan fingerprint density at radius 2 is 2.15 bits per heavy atom. The number of ether oxygens (including phenoxy) is 1. The minimum atomic E-state index is -0.945. The number of carbonyl (C=O) groups excluding carboxylic acids is 1. The molecule has 2 aliphatic heterocycles. The number of piperazine rings is 1. The summed E-state index contributed by atoms with van der Waals surface area (Å²) in [4.78, 5) is 20.8. The molecule has 0 aromatic carbocycles. The first kappa shape index (κ1) is 22.2. The number of aliphatic hydroxyl groups is 1. The van der Waals surface area contributed by atoms with Crippen LogP contribution in [0, 0.1) is 0 Å². The van der Waals surface area contributed by atoms with Crippen LogP contribution in [-0.4, -0.2) is 71.3 Å². The van der Waals surface area contributed by atoms with Crippen molar-refractivity contribution in [2.45, 2.75) is 44.9 Å². The van der Waals surface area contributed by atoms with E-state index in [1.54, 1.807) is 23.2 Å². The van der Waals surface area contributed by atoms with Crippen LogP contribution < -0.4 is 5.32 Å². The lowest BCUT2D eigenvalue weighted by atomic mass is 9.99. The Hall–Kier alpha value is -1.07. The molecule has 0 saturated carbocycles. The lowest BCUT2D eigenvalue weighted by molar-refractivity contribution is 0.0136. The van der Waals surface area contributed by atoms with Gasteiger partial charge in [-0.25, -0.2) is 4.79 Å². The number of guanidine groups is 1. The van der Waals surface area contributed by atoms with Gasteiger partial charge in [-0.2, -0.15) is 11.3 Å². The molecule has 0 spiro atoms. The molecule has 0 bridgehead atoms. The van der Waals surface area contributed by atoms with E-state index < -0.39 is 11.2 Å². The maximum absolute atomic E-state index is 12.3. The van der Waals surface area contributed by atoms with Crippen molar-refractivity contribution in [3.8, 4) is 0 Å². The van der Waals surface area contributed by atoms with Crippen LogP contribution in [0.25, 0.3) is 0 Å². The Labute approximate surface area is 181 Å². The maximum atomic E-state index is 12.3. The summed E-state index contributed by atoms with van der Waals surface area (Å²) < 4.78 is 5.47. The molecule has 152 valence electrons. The first-order valence-corrected chi connectivity index (χ1v) is 9.88. The molecule has 2 aliphatic rings. The number of rotatable bonds is 3. The Bertz CT molecular complexity index is 673. The lowest BCUT2D eigenvalue weighted by Gasteiger charge is -2.39. The average Bonchev–Trinajstić information content (AvgIpc) is 3.21. The standard InChI is InChI=1S/C18H28N4O3S.HI/c1-17(2,3)25-16(23)21-6-7-22-14(10-21)9-19-15(22)20-12-18(4,24)13-5-8-26-11-13;/h5,8,11,14,24H,6-7,9-10,12H2,1-4H3,(H,19,20);1H. The third-order valence-corrected chi connectivity index (χ3v) is 5.28. The molecular weight excluding hydrogens is 479 g/mol. The van der Waals surface area contributed by atoms with Crippen molar-refractivity contribution in [2.24, 2.45) is 4.99 Å². The Balaban J connectivity index is 0.00000261. The monoisotopic (exact) mass is 508 g/mol. The molecule has 0 aliphatic carbocycles. The molecule has 9 heteroatoms. The number of amides is 1. The van der Waals surface area contributed by atoms with Gasteiger partial charge in [0.1, 0.15) is 11.2 Å². The van der Waals surface area contributed by atoms with Crippen LogP contribution >= 0.6 is 35.3 Å². The highest BCUT2D eigenvalue weighted by Gasteiger charge is 2.37. The number of hydrogen-bond acceptors (Lipinski definition) is 7. The second-order valence-electron chi connectivity index (χ2n) is 8.08. The molecule has 2 N–H and O–H groups in total. The van der Waals surface area contributed by atoms with Crippen molar-refractivity contribution in [3.63, 3.8) is 0 Å². The zero-order valence-corrected chi connectivity index (χ0v) is 19.4. The van der Waals surface area contributed by atoms with E-state index in [9.17, 15) is 9.90 Å². The summed E-state index contributed by atoms with van der Waals surface area (Å²) in [5.74, 6) is 0.800. The molecular formula is C18H29IN4O3S. The zero-order valence-electron chi connectivity index (χ0n) is 16.3. The highest BCUT2D eigenvalue weighted by atomic mass is 127. The molecule has 27 heavy (non-hydrogen) atoms. The van der Waals surface area contributed by atoms with Crippen LogP contribution in [0.1, 0.15) is 33.3 Å². The largest absolute Gasteiger partial charge is 0.444 e. The number of nitrogens with zero attached hydrogens (tertiary/aromatic N) is 3. The number of hydrogen-bond donors (Lipinski definition) is 2. The highest BCUT2D eigenvalue weighted by molar-refractivity contribution is 14.0. The SMILES string of the molecule is CC(C)(C)OC(=O)N1CCN2C(NCC(C)(O)c3ccsc3)=NCC2C1.I. The molecule has 1 fully saturated rings. The summed E-state index contributed by atoms with van der Waals surface area (Å²) in [5.41, 5.74) is -0.529. The van der Waals surface area contributed by atoms with E-state index in [-0.39, 0.29) is 36.1 Å². The normalized spacial score (nSPS) is 21.7. The summed E-state index contributed by atoms with van der Waals surface area (Å²) in [5, 5.41) is 17.9. The number of thiophene rings is 1. The molecule has 7 nitrogen and oxygen atoms in total. The molecule has 2 unspecified atom stereocenters. The van der Waals surface area contributed by atoms with Gasteiger partial charge in [-0.15, -0.1) is 24.0 Å². The van der Waals surface area contributed by atoms with E-state index in [1.165, 1.54) is 0 Å². The van der Waals surface area contributed by atoms with Crippen LogP contribution in [-0.2, 0) is 10.3 Å². The second-order valence-corrected chi connectivity index (χ2v) is 8.86. The fraction of sp³-hybridized carbons (Fsp3) is 0.667. The molecule has 1 aromatic heterocycles. The minimum absolute atomic E-state index is 0. The number of halogens is 1. The number of nitrogens with one attached hydrogen (secondary N) is 1. The number of aliphatic imine (C=N–C) groups is 1. The second kappa shape index (κ2) is 8.52. The van der Waals surface area contributed by atoms with Gasteiger partial charge in [0.05, 0.1) is 19.1 Å². The quantitative estimate of drug-likeness (QED) is 0.614. The molecule has 0 radical (unpaired) electrons. The van der Waals surface area contributed by atoms with E-state index >= 15 is 0 Å². The van der Waals surface area contributed by atoms with Gasteiger partial charge >= 0.3 is 6.09 Å². The minimum Gasteiger partial charge on any atom is -0.444 e. The van der Waals surface area contributed by atoms with Gasteiger partial charge in [0.15, 0.2) is 5.96 Å². The van der Waals surface area contributed by atoms with Gasteiger partial charge in [0, 0.05) is 19.6 Å². The summed E-state index contributed by atoms with van der Waals surface area (Å²) in [7, 11) is 0. The maximum Gasteiger partial charge on any atom is 0.410 e. The molecule has 2 atom stereocenters. The smallest absolute Gasteiger partial charge is 0.410 e. The van der Waals surface area contributed by atoms with Crippen molar-refractivity contribution in [3.05, 3.63) is 22.4 Å². The van der Waals surface area contributed by atoms with Crippen molar-refractivity contribution in [2.75, 3.05) is 32.7 Å². The van der Waals surface area contributed by atoms with E-state index in [4.69, 9.17) is 4.74 Å². The van der Waals surface area contributed by atoms with E-state index in [2.05, 4.69) is 15.2 Å². The predicted octanol–water partition coefficient (Wildman–Crippen LogP) is 2.45. The lowest BCUT2D eigenvalue weighted by Crippen LogP contribution is -2.58. The Morgan fingerprint density at radius 1 is 1.41 bits per heavy atom. The van der Waals surface area contributed by atoms with Crippen molar-refractivity contribution in [1.29, 1.82) is 0 Å². The number of fused-ring (bicyclic) bond motifs is 1. The molecule has 1 aromatic rings. The van der Waals surface area contributed by atoms with Crippen molar-refractivity contribution < 1.29 is 14.6 Å². The topological polar surface area (TPSA) is 77.4 Å². The third kappa shape index (κ3) is 5.47. The Morgan fingerprint density at radius 3 is 2.78 bits per heavy atom. The van der Waals surface area contributed by atoms with Gasteiger partial charge in [0.25, 0.3) is 0 Å². The van der Waals surface area contributed by atoms with Crippen LogP contribution in [0.15, 0.2) is 21.8 Å². The van der Waals surface area contributed by atoms with Gasteiger partial charge in [0.2, 0.25) is 0 Å². The van der Waals surface area contributed by atoms with Gasteiger partial charge < -0.3 is 25.0 Å². The number of carbonyl (C=O) groups is 1. The molecule has 1 saturated heterocycles. The highest BCUT2D eigenvalue weighted by Crippen LogP contribution is 2.23. The van der Waals surface area contributed by atoms with Crippen LogP contribution in [0.3, 0.4) is 0 Å². The van der Waals surface area contributed by atoms with E-state index in [0.717, 1.165) is 11.5 Å². The zero-order chi connectivity index (χ0) is 18.9. The molecule has 1 amide bonds. The summed E-state index contributed by atoms with van der Waals surface area (Å²) in [6, 6.07) is 2.09. The Kier molecular flexibility index (Phi) is 7.01. The van der Waals surface area contributed by atoms with E-state index in [1.807, 2.05) is 37.6 Å². The first-order chi connectivity index (χ1) is 12.2. The van der Waals surface area contributed by atoms with Crippen molar-refractivity contribution in [1.82, 2.24) is 15.1 Å². The van der Waals surface area contributed by atoms with Gasteiger partial charge in [-0.05, 0) is 50.1 Å². The van der Waals surface area contributed by atoms with Crippen LogP contribution in [0.4, 0.5) is 4.79 Å².